The average Bonchev–Trinajstić information content (AvgIpc) is 2.74. The van der Waals surface area contributed by atoms with E-state index in [-0.39, 0.29) is 10.8 Å². The lowest BCUT2D eigenvalue weighted by Crippen LogP contribution is -2.26. The second kappa shape index (κ2) is 5.59. The number of hydrogen-bond acceptors (Lipinski definition) is 3. The molecule has 0 saturated heterocycles. The predicted molar refractivity (Wildman–Crippen MR) is 78.5 cm³/mol. The molecule has 0 aliphatic heterocycles. The molecule has 0 bridgehead atoms. The molecule has 2 heterocycles. The fourth-order valence-corrected chi connectivity index (χ4v) is 3.25. The molecule has 2 aromatic rings. The second-order valence-corrected chi connectivity index (χ2v) is 7.31. The molecule has 1 unspecified atom stereocenters. The van der Waals surface area contributed by atoms with Crippen LogP contribution in [0.4, 0.5) is 0 Å². The Morgan fingerprint density at radius 1 is 1.50 bits per heavy atom. The van der Waals surface area contributed by atoms with Crippen molar-refractivity contribution in [3.8, 4) is 0 Å². The molecule has 1 atom stereocenters. The van der Waals surface area contributed by atoms with Crippen LogP contribution in [-0.2, 0) is 6.54 Å². The molecule has 2 rings (SSSR count). The van der Waals surface area contributed by atoms with Crippen LogP contribution in [0.15, 0.2) is 17.8 Å². The highest BCUT2D eigenvalue weighted by molar-refractivity contribution is 7.15. The van der Waals surface area contributed by atoms with Crippen LogP contribution < -0.4 is 5.32 Å². The molecular weight excluding hydrogens is 266 g/mol. The van der Waals surface area contributed by atoms with Crippen LogP contribution in [-0.4, -0.2) is 21.3 Å². The number of aromatic nitrogens is 2. The molecule has 0 saturated carbocycles. The van der Waals surface area contributed by atoms with Gasteiger partial charge in [0.2, 0.25) is 0 Å². The summed E-state index contributed by atoms with van der Waals surface area (Å²) in [7, 11) is 0. The lowest BCUT2D eigenvalue weighted by molar-refractivity contribution is 0.364. The molecule has 18 heavy (non-hydrogen) atoms. The van der Waals surface area contributed by atoms with Crippen LogP contribution in [0.1, 0.15) is 32.9 Å². The Kier molecular flexibility index (Phi) is 4.30. The van der Waals surface area contributed by atoms with Crippen molar-refractivity contribution < 1.29 is 0 Å². The van der Waals surface area contributed by atoms with Crippen molar-refractivity contribution in [2.24, 2.45) is 5.41 Å². The number of halogens is 1. The van der Waals surface area contributed by atoms with Crippen LogP contribution in [0.5, 0.6) is 0 Å². The smallest absolute Gasteiger partial charge is 0.193 e. The summed E-state index contributed by atoms with van der Waals surface area (Å²) in [5, 5.41) is 5.59. The number of rotatable bonds is 5. The van der Waals surface area contributed by atoms with E-state index < -0.39 is 0 Å². The lowest BCUT2D eigenvalue weighted by Gasteiger charge is -2.21. The van der Waals surface area contributed by atoms with Crippen molar-refractivity contribution in [1.29, 1.82) is 0 Å². The van der Waals surface area contributed by atoms with Gasteiger partial charge >= 0.3 is 0 Å². The lowest BCUT2D eigenvalue weighted by atomic mass is 9.90. The summed E-state index contributed by atoms with van der Waals surface area (Å²) in [5.41, 5.74) is 1.35. The Bertz CT molecular complexity index is 469. The highest BCUT2D eigenvalue weighted by Gasteiger charge is 2.16. The molecule has 5 heteroatoms. The van der Waals surface area contributed by atoms with Crippen LogP contribution in [0.25, 0.3) is 4.96 Å². The molecular formula is C13H20ClN3S. The minimum absolute atomic E-state index is 0.175. The Balaban J connectivity index is 1.77. The van der Waals surface area contributed by atoms with Crippen LogP contribution in [0, 0.1) is 5.41 Å². The summed E-state index contributed by atoms with van der Waals surface area (Å²) in [6.45, 7) is 8.25. The standard InChI is InChI=1S/C13H20ClN3S/c1-13(2,3)6-10(14)7-15-8-11-9-17-4-5-18-12(17)16-11/h4-5,9-10,15H,6-8H2,1-3H3. The van der Waals surface area contributed by atoms with Crippen molar-refractivity contribution in [3.63, 3.8) is 0 Å². The molecule has 2 aromatic heterocycles. The van der Waals surface area contributed by atoms with Crippen LogP contribution >= 0.6 is 22.9 Å². The van der Waals surface area contributed by atoms with E-state index >= 15 is 0 Å². The maximum absolute atomic E-state index is 6.30. The Morgan fingerprint density at radius 3 is 2.94 bits per heavy atom. The van der Waals surface area contributed by atoms with Gasteiger partial charge in [0.25, 0.3) is 0 Å². The molecule has 0 aromatic carbocycles. The normalized spacial score (nSPS) is 14.2. The van der Waals surface area contributed by atoms with E-state index in [2.05, 4.69) is 41.7 Å². The summed E-state index contributed by atoms with van der Waals surface area (Å²) in [6.07, 6.45) is 5.10. The monoisotopic (exact) mass is 285 g/mol. The summed E-state index contributed by atoms with van der Waals surface area (Å²) in [4.78, 5) is 5.57. The van der Waals surface area contributed by atoms with Gasteiger partial charge in [-0.2, -0.15) is 0 Å². The maximum atomic E-state index is 6.30. The first kappa shape index (κ1) is 13.8. The minimum Gasteiger partial charge on any atom is -0.310 e. The number of imidazole rings is 1. The van der Waals surface area contributed by atoms with Crippen molar-refractivity contribution in [1.82, 2.24) is 14.7 Å². The summed E-state index contributed by atoms with van der Waals surface area (Å²) >= 11 is 7.96. The third-order valence-corrected chi connectivity index (χ3v) is 3.73. The highest BCUT2D eigenvalue weighted by Crippen LogP contribution is 2.23. The zero-order valence-electron chi connectivity index (χ0n) is 11.1. The van der Waals surface area contributed by atoms with E-state index in [1.165, 1.54) is 0 Å². The molecule has 3 nitrogen and oxygen atoms in total. The van der Waals surface area contributed by atoms with E-state index in [0.29, 0.717) is 0 Å². The first-order chi connectivity index (χ1) is 8.44. The van der Waals surface area contributed by atoms with Gasteiger partial charge in [-0.3, -0.25) is 4.40 Å². The third kappa shape index (κ3) is 3.97. The molecule has 0 fully saturated rings. The summed E-state index contributed by atoms with van der Waals surface area (Å²) in [6, 6.07) is 0. The SMILES string of the molecule is CC(C)(C)CC(Cl)CNCc1cn2ccsc2n1. The van der Waals surface area contributed by atoms with Crippen LogP contribution in [0.2, 0.25) is 0 Å². The van der Waals surface area contributed by atoms with Gasteiger partial charge in [0, 0.05) is 36.2 Å². The van der Waals surface area contributed by atoms with Gasteiger partial charge in [-0.05, 0) is 11.8 Å². The molecule has 1 N–H and O–H groups in total. The average molecular weight is 286 g/mol. The van der Waals surface area contributed by atoms with E-state index in [0.717, 1.165) is 30.2 Å². The molecule has 0 radical (unpaired) electrons. The zero-order chi connectivity index (χ0) is 13.2. The molecule has 0 spiro atoms. The van der Waals surface area contributed by atoms with Gasteiger partial charge in [0.05, 0.1) is 5.69 Å². The van der Waals surface area contributed by atoms with Gasteiger partial charge in [-0.1, -0.05) is 20.8 Å². The van der Waals surface area contributed by atoms with Crippen LogP contribution in [0.3, 0.4) is 0 Å². The van der Waals surface area contributed by atoms with Crippen molar-refractivity contribution in [2.75, 3.05) is 6.54 Å². The predicted octanol–water partition coefficient (Wildman–Crippen LogP) is 3.53. The van der Waals surface area contributed by atoms with E-state index in [1.54, 1.807) is 11.3 Å². The van der Waals surface area contributed by atoms with E-state index in [4.69, 9.17) is 11.6 Å². The molecule has 0 amide bonds. The highest BCUT2D eigenvalue weighted by atomic mass is 35.5. The minimum atomic E-state index is 0.175. The fourth-order valence-electron chi connectivity index (χ4n) is 1.95. The second-order valence-electron chi connectivity index (χ2n) is 5.82. The summed E-state index contributed by atoms with van der Waals surface area (Å²) < 4.78 is 2.05. The van der Waals surface area contributed by atoms with Gasteiger partial charge in [-0.15, -0.1) is 22.9 Å². The number of fused-ring (bicyclic) bond motifs is 1. The van der Waals surface area contributed by atoms with Gasteiger partial charge in [-0.25, -0.2) is 4.98 Å². The van der Waals surface area contributed by atoms with Crippen molar-refractivity contribution in [3.05, 3.63) is 23.5 Å². The fraction of sp³-hybridized carbons (Fsp3) is 0.615. The number of alkyl halides is 1. The molecule has 100 valence electrons. The van der Waals surface area contributed by atoms with Crippen molar-refractivity contribution in [2.45, 2.75) is 39.1 Å². The van der Waals surface area contributed by atoms with Crippen molar-refractivity contribution >= 4 is 27.9 Å². The maximum Gasteiger partial charge on any atom is 0.193 e. The molecule has 0 aliphatic rings. The summed E-state index contributed by atoms with van der Waals surface area (Å²) in [5.74, 6) is 0. The van der Waals surface area contributed by atoms with E-state index in [1.807, 2.05) is 11.6 Å². The third-order valence-electron chi connectivity index (χ3n) is 2.65. The Hall–Kier alpha value is -0.580. The van der Waals surface area contributed by atoms with Gasteiger partial charge < -0.3 is 5.32 Å². The van der Waals surface area contributed by atoms with E-state index in [9.17, 15) is 0 Å². The topological polar surface area (TPSA) is 29.3 Å². The Morgan fingerprint density at radius 2 is 2.28 bits per heavy atom. The zero-order valence-corrected chi connectivity index (χ0v) is 12.7. The largest absolute Gasteiger partial charge is 0.310 e. The number of thiazole rings is 1. The Labute approximate surface area is 117 Å². The van der Waals surface area contributed by atoms with Gasteiger partial charge in [0.15, 0.2) is 4.96 Å². The quantitative estimate of drug-likeness (QED) is 0.852. The number of hydrogen-bond donors (Lipinski definition) is 1. The number of nitrogens with zero attached hydrogens (tertiary/aromatic N) is 2. The number of nitrogens with one attached hydrogen (secondary N) is 1. The first-order valence-electron chi connectivity index (χ1n) is 6.20. The first-order valence-corrected chi connectivity index (χ1v) is 7.51. The van der Waals surface area contributed by atoms with Gasteiger partial charge in [0.1, 0.15) is 0 Å². The molecule has 0 aliphatic carbocycles.